The number of carbonyl (C=O) groups is 1. The molecule has 0 aromatic rings. The number of aliphatic hydroxyl groups is 1. The normalized spacial score (nSPS) is 43.6. The summed E-state index contributed by atoms with van der Waals surface area (Å²) >= 11 is 0. The van der Waals surface area contributed by atoms with Crippen molar-refractivity contribution in [2.45, 2.75) is 64.1 Å². The molecule has 4 nitrogen and oxygen atoms in total. The minimum Gasteiger partial charge on any atom is -0.459 e. The Kier molecular flexibility index (Phi) is 3.96. The number of aliphatic hydroxyl groups excluding tert-OH is 1. The maximum Gasteiger partial charge on any atom is 0.310 e. The van der Waals surface area contributed by atoms with Gasteiger partial charge in [0.1, 0.15) is 5.60 Å². The average molecular weight is 322 g/mol. The number of nitrogens with two attached hydrogens (primary N) is 1. The highest BCUT2D eigenvalue weighted by atomic mass is 16.6. The molecular weight excluding hydrogens is 290 g/mol. The van der Waals surface area contributed by atoms with Crippen molar-refractivity contribution >= 4 is 5.97 Å². The SMILES string of the molecule is CC(C)(OC(=O)C1C2CC3CC(C2)C(O)C1C3)C1CC[NH2+]CC1. The van der Waals surface area contributed by atoms with Gasteiger partial charge in [0.15, 0.2) is 0 Å². The van der Waals surface area contributed by atoms with Gasteiger partial charge in [0.05, 0.1) is 25.1 Å². The minimum absolute atomic E-state index is 0.0163. The first-order valence-corrected chi connectivity index (χ1v) is 9.68. The fraction of sp³-hybridized carbons (Fsp3) is 0.947. The molecule has 4 aliphatic carbocycles. The van der Waals surface area contributed by atoms with E-state index in [-0.39, 0.29) is 29.5 Å². The van der Waals surface area contributed by atoms with E-state index in [1.54, 1.807) is 0 Å². The summed E-state index contributed by atoms with van der Waals surface area (Å²) < 4.78 is 6.09. The molecule has 3 N–H and O–H groups in total. The monoisotopic (exact) mass is 322 g/mol. The molecule has 0 amide bonds. The molecule has 1 heterocycles. The fourth-order valence-corrected chi connectivity index (χ4v) is 6.28. The van der Waals surface area contributed by atoms with Crippen molar-refractivity contribution in [3.63, 3.8) is 0 Å². The van der Waals surface area contributed by atoms with Crippen LogP contribution in [0.5, 0.6) is 0 Å². The number of hydrogen-bond acceptors (Lipinski definition) is 3. The summed E-state index contributed by atoms with van der Waals surface area (Å²) in [7, 11) is 0. The van der Waals surface area contributed by atoms with Crippen molar-refractivity contribution in [2.75, 3.05) is 13.1 Å². The number of esters is 1. The number of ether oxygens (including phenoxy) is 1. The molecule has 23 heavy (non-hydrogen) atoms. The smallest absolute Gasteiger partial charge is 0.310 e. The number of piperidine rings is 1. The summed E-state index contributed by atoms with van der Waals surface area (Å²) in [5.41, 5.74) is -0.370. The molecule has 0 spiro atoms. The largest absolute Gasteiger partial charge is 0.459 e. The van der Waals surface area contributed by atoms with Crippen LogP contribution in [0.15, 0.2) is 0 Å². The van der Waals surface area contributed by atoms with Crippen molar-refractivity contribution in [3.05, 3.63) is 0 Å². The zero-order valence-electron chi connectivity index (χ0n) is 14.5. The third-order valence-corrected chi connectivity index (χ3v) is 7.43. The zero-order valence-corrected chi connectivity index (χ0v) is 14.5. The summed E-state index contributed by atoms with van der Waals surface area (Å²) in [5, 5.41) is 12.9. The Morgan fingerprint density at radius 1 is 1.09 bits per heavy atom. The van der Waals surface area contributed by atoms with Gasteiger partial charge in [0.25, 0.3) is 0 Å². The Morgan fingerprint density at radius 3 is 2.52 bits per heavy atom. The van der Waals surface area contributed by atoms with Gasteiger partial charge in [0, 0.05) is 18.8 Å². The van der Waals surface area contributed by atoms with Crippen LogP contribution in [-0.2, 0) is 9.53 Å². The van der Waals surface area contributed by atoms with Gasteiger partial charge in [-0.25, -0.2) is 0 Å². The molecule has 5 aliphatic rings. The lowest BCUT2D eigenvalue weighted by Gasteiger charge is -2.56. The summed E-state index contributed by atoms with van der Waals surface area (Å²) in [5.74, 6) is 2.22. The molecule has 0 radical (unpaired) electrons. The van der Waals surface area contributed by atoms with E-state index in [9.17, 15) is 9.90 Å². The Bertz CT molecular complexity index is 471. The van der Waals surface area contributed by atoms with Crippen molar-refractivity contribution in [1.29, 1.82) is 0 Å². The van der Waals surface area contributed by atoms with E-state index in [0.29, 0.717) is 17.8 Å². The second-order valence-corrected chi connectivity index (χ2v) is 9.17. The van der Waals surface area contributed by atoms with E-state index >= 15 is 0 Å². The highest BCUT2D eigenvalue weighted by Crippen LogP contribution is 2.57. The molecule has 0 aromatic heterocycles. The van der Waals surface area contributed by atoms with Gasteiger partial charge in [-0.15, -0.1) is 0 Å². The molecule has 5 rings (SSSR count). The predicted octanol–water partition coefficient (Wildman–Crippen LogP) is 1.32. The molecule has 6 atom stereocenters. The Balaban J connectivity index is 1.46. The van der Waals surface area contributed by atoms with Gasteiger partial charge < -0.3 is 15.2 Å². The summed E-state index contributed by atoms with van der Waals surface area (Å²) in [6, 6.07) is 0. The molecule has 4 saturated carbocycles. The highest BCUT2D eigenvalue weighted by molar-refractivity contribution is 5.74. The zero-order chi connectivity index (χ0) is 16.2. The first kappa shape index (κ1) is 15.9. The molecule has 4 heteroatoms. The predicted molar refractivity (Wildman–Crippen MR) is 86.5 cm³/mol. The van der Waals surface area contributed by atoms with Crippen LogP contribution in [0.2, 0.25) is 0 Å². The van der Waals surface area contributed by atoms with Crippen molar-refractivity contribution in [3.8, 4) is 0 Å². The molecule has 4 bridgehead atoms. The lowest BCUT2D eigenvalue weighted by Crippen LogP contribution is -2.86. The number of carbonyl (C=O) groups excluding carboxylic acids is 1. The van der Waals surface area contributed by atoms with E-state index in [2.05, 4.69) is 19.2 Å². The van der Waals surface area contributed by atoms with E-state index in [1.807, 2.05) is 0 Å². The van der Waals surface area contributed by atoms with Gasteiger partial charge in [0.2, 0.25) is 0 Å². The summed E-state index contributed by atoms with van der Waals surface area (Å²) in [6.07, 6.45) is 6.42. The van der Waals surface area contributed by atoms with Gasteiger partial charge in [-0.05, 0) is 63.2 Å². The van der Waals surface area contributed by atoms with Crippen LogP contribution < -0.4 is 5.32 Å². The number of quaternary nitrogens is 1. The first-order chi connectivity index (χ1) is 11.0. The molecular formula is C19H32NO3+. The standard InChI is InChI=1S/C19H31NO3/c1-19(2,14-3-5-20-6-4-14)23-18(22)16-12-7-11-8-13(10-12)17(21)15(16)9-11/h11-17,20-21H,3-10H2,1-2H3/p+1. The van der Waals surface area contributed by atoms with Crippen LogP contribution in [0, 0.1) is 35.5 Å². The molecule has 1 saturated heterocycles. The second-order valence-electron chi connectivity index (χ2n) is 9.17. The number of hydrogen-bond donors (Lipinski definition) is 2. The van der Waals surface area contributed by atoms with Crippen LogP contribution in [0.4, 0.5) is 0 Å². The van der Waals surface area contributed by atoms with Crippen molar-refractivity contribution in [1.82, 2.24) is 0 Å². The molecule has 1 aliphatic heterocycles. The van der Waals surface area contributed by atoms with Crippen molar-refractivity contribution < 1.29 is 20.0 Å². The lowest BCUT2D eigenvalue weighted by molar-refractivity contribution is -0.665. The fourth-order valence-electron chi connectivity index (χ4n) is 6.28. The molecule has 130 valence electrons. The van der Waals surface area contributed by atoms with Crippen LogP contribution in [0.1, 0.15) is 52.4 Å². The van der Waals surface area contributed by atoms with E-state index in [1.165, 1.54) is 12.8 Å². The quantitative estimate of drug-likeness (QED) is 0.771. The van der Waals surface area contributed by atoms with Crippen LogP contribution in [0.3, 0.4) is 0 Å². The first-order valence-electron chi connectivity index (χ1n) is 9.68. The van der Waals surface area contributed by atoms with Crippen LogP contribution in [-0.4, -0.2) is 35.9 Å². The van der Waals surface area contributed by atoms with E-state index in [4.69, 9.17) is 4.74 Å². The third kappa shape index (κ3) is 2.72. The second kappa shape index (κ2) is 5.73. The number of rotatable bonds is 3. The van der Waals surface area contributed by atoms with E-state index in [0.717, 1.165) is 44.7 Å². The van der Waals surface area contributed by atoms with Gasteiger partial charge in [-0.3, -0.25) is 4.79 Å². The maximum absolute atomic E-state index is 13.0. The molecule has 0 aromatic carbocycles. The highest BCUT2D eigenvalue weighted by Gasteiger charge is 2.56. The third-order valence-electron chi connectivity index (χ3n) is 7.43. The lowest BCUT2D eigenvalue weighted by atomic mass is 9.50. The van der Waals surface area contributed by atoms with Crippen LogP contribution >= 0.6 is 0 Å². The van der Waals surface area contributed by atoms with Gasteiger partial charge in [-0.1, -0.05) is 0 Å². The minimum atomic E-state index is -0.370. The Labute approximate surface area is 139 Å². The summed E-state index contributed by atoms with van der Waals surface area (Å²) in [4.78, 5) is 13.0. The Morgan fingerprint density at radius 2 is 1.78 bits per heavy atom. The molecule has 5 fully saturated rings. The van der Waals surface area contributed by atoms with Gasteiger partial charge in [-0.2, -0.15) is 0 Å². The van der Waals surface area contributed by atoms with Crippen LogP contribution in [0.25, 0.3) is 0 Å². The average Bonchev–Trinajstić information content (AvgIpc) is 2.52. The Hall–Kier alpha value is -0.610. The summed E-state index contributed by atoms with van der Waals surface area (Å²) in [6.45, 7) is 6.46. The van der Waals surface area contributed by atoms with Gasteiger partial charge >= 0.3 is 5.97 Å². The van der Waals surface area contributed by atoms with E-state index < -0.39 is 0 Å². The maximum atomic E-state index is 13.0. The topological polar surface area (TPSA) is 63.1 Å². The van der Waals surface area contributed by atoms with Crippen molar-refractivity contribution in [2.24, 2.45) is 35.5 Å². The molecule has 6 unspecified atom stereocenters.